The normalized spacial score (nSPS) is 18.7. The lowest BCUT2D eigenvalue weighted by Gasteiger charge is -2.31. The fourth-order valence-corrected chi connectivity index (χ4v) is 5.69. The van der Waals surface area contributed by atoms with E-state index in [0.717, 1.165) is 12.1 Å². The second-order valence-corrected chi connectivity index (χ2v) is 10.7. The Labute approximate surface area is 191 Å². The van der Waals surface area contributed by atoms with Crippen LogP contribution in [0.3, 0.4) is 0 Å². The number of rotatable bonds is 7. The zero-order valence-electron chi connectivity index (χ0n) is 18.7. The van der Waals surface area contributed by atoms with Crippen molar-refractivity contribution in [2.45, 2.75) is 30.8 Å². The molecule has 0 saturated carbocycles. The van der Waals surface area contributed by atoms with Crippen LogP contribution in [0.2, 0.25) is 0 Å². The van der Waals surface area contributed by atoms with Gasteiger partial charge in [-0.3, -0.25) is 9.69 Å². The Hall–Kier alpha value is -2.26. The van der Waals surface area contributed by atoms with Crippen molar-refractivity contribution in [3.05, 3.63) is 65.2 Å². The summed E-state index contributed by atoms with van der Waals surface area (Å²) in [6.07, 6.45) is 2.56. The molecule has 0 aliphatic carbocycles. The first-order chi connectivity index (χ1) is 15.4. The molecule has 1 N–H and O–H groups in total. The average Bonchev–Trinajstić information content (AvgIpc) is 3.32. The van der Waals surface area contributed by atoms with Crippen molar-refractivity contribution in [3.63, 3.8) is 0 Å². The van der Waals surface area contributed by atoms with Gasteiger partial charge in [0.05, 0.1) is 4.90 Å². The number of carbonyl (C=O) groups is 1. The smallest absolute Gasteiger partial charge is 0.251 e. The molecule has 2 saturated heterocycles. The number of hydrogen-bond acceptors (Lipinski definition) is 5. The SMILES string of the molecule is CN1CCN(S(=O)(=O)c2cccc(C(=O)NCc3ccc(CN4CCCC4)cc3)c2)CC1. The number of piperazine rings is 1. The van der Waals surface area contributed by atoms with Crippen molar-refractivity contribution in [2.75, 3.05) is 46.3 Å². The van der Waals surface area contributed by atoms with Crippen LogP contribution in [0.25, 0.3) is 0 Å². The Balaban J connectivity index is 1.35. The topological polar surface area (TPSA) is 73.0 Å². The lowest BCUT2D eigenvalue weighted by Crippen LogP contribution is -2.47. The molecule has 7 nitrogen and oxygen atoms in total. The number of carbonyl (C=O) groups excluding carboxylic acids is 1. The van der Waals surface area contributed by atoms with E-state index in [4.69, 9.17) is 0 Å². The molecule has 0 aromatic heterocycles. The predicted molar refractivity (Wildman–Crippen MR) is 125 cm³/mol. The molecule has 172 valence electrons. The molecule has 8 heteroatoms. The third kappa shape index (κ3) is 5.56. The first-order valence-electron chi connectivity index (χ1n) is 11.3. The second-order valence-electron chi connectivity index (χ2n) is 8.72. The van der Waals surface area contributed by atoms with Gasteiger partial charge in [0.25, 0.3) is 5.91 Å². The quantitative estimate of drug-likeness (QED) is 0.691. The number of nitrogens with zero attached hydrogens (tertiary/aromatic N) is 3. The van der Waals surface area contributed by atoms with E-state index >= 15 is 0 Å². The maximum atomic E-state index is 13.0. The van der Waals surface area contributed by atoms with Crippen LogP contribution in [0, 0.1) is 0 Å². The van der Waals surface area contributed by atoms with Gasteiger partial charge in [0.2, 0.25) is 10.0 Å². The van der Waals surface area contributed by atoms with Crippen LogP contribution in [0.5, 0.6) is 0 Å². The van der Waals surface area contributed by atoms with Crippen LogP contribution >= 0.6 is 0 Å². The monoisotopic (exact) mass is 456 g/mol. The van der Waals surface area contributed by atoms with E-state index < -0.39 is 10.0 Å². The van der Waals surface area contributed by atoms with Gasteiger partial charge >= 0.3 is 0 Å². The minimum absolute atomic E-state index is 0.168. The number of hydrogen-bond donors (Lipinski definition) is 1. The molecule has 32 heavy (non-hydrogen) atoms. The Morgan fingerprint density at radius 1 is 0.906 bits per heavy atom. The van der Waals surface area contributed by atoms with Gasteiger partial charge in [-0.2, -0.15) is 4.31 Å². The lowest BCUT2D eigenvalue weighted by atomic mass is 10.1. The van der Waals surface area contributed by atoms with Crippen LogP contribution in [0.4, 0.5) is 0 Å². The van der Waals surface area contributed by atoms with Gasteiger partial charge in [-0.05, 0) is 62.3 Å². The second kappa shape index (κ2) is 10.1. The molecule has 0 bridgehead atoms. The third-order valence-electron chi connectivity index (χ3n) is 6.28. The van der Waals surface area contributed by atoms with Crippen LogP contribution in [-0.4, -0.2) is 74.7 Å². The molecule has 2 aliphatic rings. The van der Waals surface area contributed by atoms with Gasteiger partial charge in [-0.25, -0.2) is 8.42 Å². The van der Waals surface area contributed by atoms with Gasteiger partial charge in [-0.1, -0.05) is 30.3 Å². The molecule has 0 radical (unpaired) electrons. The molecular weight excluding hydrogens is 424 g/mol. The van der Waals surface area contributed by atoms with Crippen molar-refractivity contribution in [1.29, 1.82) is 0 Å². The van der Waals surface area contributed by atoms with Gasteiger partial charge in [0.1, 0.15) is 0 Å². The highest BCUT2D eigenvalue weighted by Gasteiger charge is 2.27. The van der Waals surface area contributed by atoms with E-state index in [1.54, 1.807) is 18.2 Å². The van der Waals surface area contributed by atoms with E-state index in [-0.39, 0.29) is 10.8 Å². The number of benzene rings is 2. The summed E-state index contributed by atoms with van der Waals surface area (Å²) in [6.45, 7) is 6.04. The summed E-state index contributed by atoms with van der Waals surface area (Å²) in [5.74, 6) is -0.276. The first-order valence-corrected chi connectivity index (χ1v) is 12.7. The van der Waals surface area contributed by atoms with E-state index in [9.17, 15) is 13.2 Å². The summed E-state index contributed by atoms with van der Waals surface area (Å²) in [5.41, 5.74) is 2.65. The minimum Gasteiger partial charge on any atom is -0.348 e. The van der Waals surface area contributed by atoms with E-state index in [2.05, 4.69) is 27.2 Å². The number of sulfonamides is 1. The average molecular weight is 457 g/mol. The van der Waals surface area contributed by atoms with Crippen LogP contribution < -0.4 is 5.32 Å². The third-order valence-corrected chi connectivity index (χ3v) is 8.17. The Bertz CT molecular complexity index is 1030. The van der Waals surface area contributed by atoms with Gasteiger partial charge in [0, 0.05) is 44.8 Å². The molecule has 1 amide bonds. The Morgan fingerprint density at radius 2 is 1.56 bits per heavy atom. The largest absolute Gasteiger partial charge is 0.348 e. The Morgan fingerprint density at radius 3 is 2.25 bits per heavy atom. The fraction of sp³-hybridized carbons (Fsp3) is 0.458. The number of amides is 1. The molecule has 4 rings (SSSR count). The predicted octanol–water partition coefficient (Wildman–Crippen LogP) is 2.15. The van der Waals surface area contributed by atoms with Crippen molar-refractivity contribution < 1.29 is 13.2 Å². The molecule has 0 spiro atoms. The highest BCUT2D eigenvalue weighted by molar-refractivity contribution is 7.89. The van der Waals surface area contributed by atoms with Crippen molar-refractivity contribution in [3.8, 4) is 0 Å². The van der Waals surface area contributed by atoms with Crippen molar-refractivity contribution >= 4 is 15.9 Å². The summed E-state index contributed by atoms with van der Waals surface area (Å²) < 4.78 is 27.4. The summed E-state index contributed by atoms with van der Waals surface area (Å²) >= 11 is 0. The molecule has 0 atom stereocenters. The van der Waals surface area contributed by atoms with Crippen molar-refractivity contribution in [1.82, 2.24) is 19.4 Å². The van der Waals surface area contributed by atoms with Crippen molar-refractivity contribution in [2.24, 2.45) is 0 Å². The number of likely N-dealkylation sites (N-methyl/N-ethyl adjacent to an activating group) is 1. The highest BCUT2D eigenvalue weighted by atomic mass is 32.2. The maximum absolute atomic E-state index is 13.0. The molecule has 2 aromatic rings. The standard InChI is InChI=1S/C24H32N4O3S/c1-26-13-15-28(16-14-26)32(30,31)23-6-4-5-22(17-23)24(29)25-18-20-7-9-21(10-8-20)19-27-11-2-3-12-27/h4-10,17H,2-3,11-16,18-19H2,1H3,(H,25,29). The molecule has 2 aliphatic heterocycles. The summed E-state index contributed by atoms with van der Waals surface area (Å²) in [6, 6.07) is 14.6. The van der Waals surface area contributed by atoms with E-state index in [1.807, 2.05) is 19.2 Å². The van der Waals surface area contributed by atoms with Gasteiger partial charge in [0.15, 0.2) is 0 Å². The summed E-state index contributed by atoms with van der Waals surface area (Å²) in [7, 11) is -1.62. The zero-order chi connectivity index (χ0) is 22.6. The minimum atomic E-state index is -3.60. The van der Waals surface area contributed by atoms with Crippen LogP contribution in [-0.2, 0) is 23.1 Å². The summed E-state index contributed by atoms with van der Waals surface area (Å²) in [5, 5.41) is 2.91. The number of likely N-dealkylation sites (tertiary alicyclic amines) is 1. The number of nitrogens with one attached hydrogen (secondary N) is 1. The van der Waals surface area contributed by atoms with E-state index in [1.165, 1.54) is 41.9 Å². The molecule has 2 heterocycles. The van der Waals surface area contributed by atoms with Crippen LogP contribution in [0.1, 0.15) is 34.3 Å². The molecule has 2 aromatic carbocycles. The Kier molecular flexibility index (Phi) is 7.25. The molecule has 2 fully saturated rings. The van der Waals surface area contributed by atoms with Gasteiger partial charge in [-0.15, -0.1) is 0 Å². The molecular formula is C24H32N4O3S. The zero-order valence-corrected chi connectivity index (χ0v) is 19.5. The lowest BCUT2D eigenvalue weighted by molar-refractivity contribution is 0.0950. The van der Waals surface area contributed by atoms with E-state index in [0.29, 0.717) is 38.3 Å². The maximum Gasteiger partial charge on any atom is 0.251 e. The van der Waals surface area contributed by atoms with Crippen LogP contribution in [0.15, 0.2) is 53.4 Å². The fourth-order valence-electron chi connectivity index (χ4n) is 4.22. The first kappa shape index (κ1) is 22.9. The highest BCUT2D eigenvalue weighted by Crippen LogP contribution is 2.19. The molecule has 0 unspecified atom stereocenters. The summed E-state index contributed by atoms with van der Waals surface area (Å²) in [4.78, 5) is 17.4. The van der Waals surface area contributed by atoms with Gasteiger partial charge < -0.3 is 10.2 Å².